The topological polar surface area (TPSA) is 52.3 Å². The Morgan fingerprint density at radius 2 is 2.00 bits per heavy atom. The highest BCUT2D eigenvalue weighted by Crippen LogP contribution is 2.35. The van der Waals surface area contributed by atoms with E-state index in [-0.39, 0.29) is 5.97 Å². The van der Waals surface area contributed by atoms with Gasteiger partial charge in [-0.3, -0.25) is 0 Å². The fourth-order valence-electron chi connectivity index (χ4n) is 2.63. The first kappa shape index (κ1) is 12.0. The third-order valence-electron chi connectivity index (χ3n) is 3.53. The zero-order chi connectivity index (χ0) is 12.3. The Bertz CT molecular complexity index is 409. The Balaban J connectivity index is 2.34. The fraction of sp³-hybridized carbons (Fsp3) is 0.500. The van der Waals surface area contributed by atoms with Gasteiger partial charge in [-0.05, 0) is 36.5 Å². The third-order valence-corrected chi connectivity index (χ3v) is 3.53. The predicted octanol–water partition coefficient (Wildman–Crippen LogP) is 3.10. The van der Waals surface area contributed by atoms with E-state index in [1.807, 2.05) is 12.1 Å². The molecular formula is C14H19NO2. The molecule has 0 spiro atoms. The molecule has 1 saturated carbocycles. The van der Waals surface area contributed by atoms with Gasteiger partial charge in [-0.15, -0.1) is 0 Å². The van der Waals surface area contributed by atoms with Gasteiger partial charge in [-0.2, -0.15) is 0 Å². The van der Waals surface area contributed by atoms with Crippen LogP contribution in [0.3, 0.4) is 0 Å². The summed E-state index contributed by atoms with van der Waals surface area (Å²) in [5, 5.41) is 0. The maximum Gasteiger partial charge on any atom is 0.338 e. The van der Waals surface area contributed by atoms with Crippen molar-refractivity contribution in [1.82, 2.24) is 0 Å². The van der Waals surface area contributed by atoms with E-state index in [0.717, 1.165) is 18.4 Å². The van der Waals surface area contributed by atoms with Crippen molar-refractivity contribution in [3.05, 3.63) is 29.3 Å². The van der Waals surface area contributed by atoms with E-state index >= 15 is 0 Å². The molecule has 0 bridgehead atoms. The van der Waals surface area contributed by atoms with Gasteiger partial charge in [0.1, 0.15) is 0 Å². The number of ether oxygens (including phenoxy) is 1. The van der Waals surface area contributed by atoms with Crippen LogP contribution in [-0.2, 0) is 4.74 Å². The van der Waals surface area contributed by atoms with E-state index < -0.39 is 0 Å². The first-order chi connectivity index (χ1) is 8.22. The summed E-state index contributed by atoms with van der Waals surface area (Å²) in [6, 6.07) is 5.59. The van der Waals surface area contributed by atoms with Gasteiger partial charge in [0.2, 0.25) is 0 Å². The molecular weight excluding hydrogens is 214 g/mol. The third kappa shape index (κ3) is 2.60. The number of hydrogen-bond acceptors (Lipinski definition) is 3. The quantitative estimate of drug-likeness (QED) is 0.630. The zero-order valence-corrected chi connectivity index (χ0v) is 10.2. The first-order valence-corrected chi connectivity index (χ1v) is 6.20. The summed E-state index contributed by atoms with van der Waals surface area (Å²) in [6.07, 6.45) is 6.12. The van der Waals surface area contributed by atoms with Gasteiger partial charge in [-0.1, -0.05) is 25.3 Å². The monoisotopic (exact) mass is 233 g/mol. The Hall–Kier alpha value is -1.51. The second kappa shape index (κ2) is 5.21. The molecule has 0 unspecified atom stereocenters. The summed E-state index contributed by atoms with van der Waals surface area (Å²) in [6.45, 7) is 0. The molecule has 0 atom stereocenters. The molecule has 0 amide bonds. The average molecular weight is 233 g/mol. The number of methoxy groups -OCH3 is 1. The predicted molar refractivity (Wildman–Crippen MR) is 68.0 cm³/mol. The Kier molecular flexibility index (Phi) is 3.67. The lowest BCUT2D eigenvalue weighted by molar-refractivity contribution is 0.0598. The molecule has 1 aromatic carbocycles. The second-order valence-corrected chi connectivity index (χ2v) is 4.67. The van der Waals surface area contributed by atoms with Crippen LogP contribution in [0.1, 0.15) is 53.9 Å². The Morgan fingerprint density at radius 3 is 2.65 bits per heavy atom. The van der Waals surface area contributed by atoms with Crippen molar-refractivity contribution in [3.63, 3.8) is 0 Å². The number of esters is 1. The molecule has 0 saturated heterocycles. The molecule has 1 fully saturated rings. The van der Waals surface area contributed by atoms with Gasteiger partial charge < -0.3 is 10.5 Å². The number of hydrogen-bond donors (Lipinski definition) is 1. The summed E-state index contributed by atoms with van der Waals surface area (Å²) in [5.41, 5.74) is 8.10. The number of carbonyl (C=O) groups is 1. The van der Waals surface area contributed by atoms with Crippen LogP contribution in [0.2, 0.25) is 0 Å². The van der Waals surface area contributed by atoms with Gasteiger partial charge in [0.25, 0.3) is 0 Å². The standard InChI is InChI=1S/C14H19NO2/c1-17-14(16)13-9-11(15)7-8-12(13)10-5-3-2-4-6-10/h7-10H,2-6,15H2,1H3. The molecule has 92 valence electrons. The molecule has 2 N–H and O–H groups in total. The molecule has 0 heterocycles. The molecule has 3 heteroatoms. The number of nitrogen functional groups attached to an aromatic ring is 1. The zero-order valence-electron chi connectivity index (χ0n) is 10.2. The molecule has 0 radical (unpaired) electrons. The number of rotatable bonds is 2. The van der Waals surface area contributed by atoms with Crippen LogP contribution >= 0.6 is 0 Å². The maximum atomic E-state index is 11.8. The lowest BCUT2D eigenvalue weighted by Crippen LogP contribution is -2.12. The molecule has 17 heavy (non-hydrogen) atoms. The Labute approximate surface area is 102 Å². The summed E-state index contributed by atoms with van der Waals surface area (Å²) in [7, 11) is 1.41. The summed E-state index contributed by atoms with van der Waals surface area (Å²) in [5.74, 6) is 0.205. The summed E-state index contributed by atoms with van der Waals surface area (Å²) in [4.78, 5) is 11.8. The fourth-order valence-corrected chi connectivity index (χ4v) is 2.63. The normalized spacial score (nSPS) is 16.8. The van der Waals surface area contributed by atoms with Gasteiger partial charge in [0, 0.05) is 5.69 Å². The molecule has 1 aliphatic carbocycles. The number of nitrogens with two attached hydrogens (primary N) is 1. The van der Waals surface area contributed by atoms with Gasteiger partial charge >= 0.3 is 5.97 Å². The maximum absolute atomic E-state index is 11.8. The number of anilines is 1. The van der Waals surface area contributed by atoms with Gasteiger partial charge in [0.15, 0.2) is 0 Å². The summed E-state index contributed by atoms with van der Waals surface area (Å²) >= 11 is 0. The lowest BCUT2D eigenvalue weighted by Gasteiger charge is -2.23. The minimum absolute atomic E-state index is 0.280. The van der Waals surface area contributed by atoms with E-state index in [2.05, 4.69) is 0 Å². The van der Waals surface area contributed by atoms with Crippen LogP contribution < -0.4 is 5.73 Å². The first-order valence-electron chi connectivity index (χ1n) is 6.20. The smallest absolute Gasteiger partial charge is 0.338 e. The van der Waals surface area contributed by atoms with Crippen molar-refractivity contribution < 1.29 is 9.53 Å². The van der Waals surface area contributed by atoms with E-state index in [4.69, 9.17) is 10.5 Å². The molecule has 0 aromatic heterocycles. The highest BCUT2D eigenvalue weighted by Gasteiger charge is 2.21. The summed E-state index contributed by atoms with van der Waals surface area (Å²) < 4.78 is 4.83. The van der Waals surface area contributed by atoms with Crippen LogP contribution in [0.4, 0.5) is 5.69 Å². The highest BCUT2D eigenvalue weighted by atomic mass is 16.5. The van der Waals surface area contributed by atoms with E-state index in [9.17, 15) is 4.79 Å². The van der Waals surface area contributed by atoms with Crippen LogP contribution in [-0.4, -0.2) is 13.1 Å². The van der Waals surface area contributed by atoms with Crippen LogP contribution in [0, 0.1) is 0 Å². The largest absolute Gasteiger partial charge is 0.465 e. The van der Waals surface area contributed by atoms with Crippen molar-refractivity contribution in [3.8, 4) is 0 Å². The number of carbonyl (C=O) groups excluding carboxylic acids is 1. The van der Waals surface area contributed by atoms with Crippen molar-refractivity contribution in [2.75, 3.05) is 12.8 Å². The van der Waals surface area contributed by atoms with Crippen LogP contribution in [0.25, 0.3) is 0 Å². The molecule has 2 rings (SSSR count). The van der Waals surface area contributed by atoms with Crippen molar-refractivity contribution in [2.24, 2.45) is 0 Å². The van der Waals surface area contributed by atoms with E-state index in [0.29, 0.717) is 17.2 Å². The molecule has 1 aromatic rings. The van der Waals surface area contributed by atoms with Crippen molar-refractivity contribution >= 4 is 11.7 Å². The van der Waals surface area contributed by atoms with Crippen molar-refractivity contribution in [2.45, 2.75) is 38.0 Å². The van der Waals surface area contributed by atoms with Gasteiger partial charge in [-0.25, -0.2) is 4.79 Å². The van der Waals surface area contributed by atoms with Crippen LogP contribution in [0.15, 0.2) is 18.2 Å². The number of benzene rings is 1. The van der Waals surface area contributed by atoms with E-state index in [1.165, 1.54) is 26.4 Å². The highest BCUT2D eigenvalue weighted by molar-refractivity contribution is 5.92. The minimum Gasteiger partial charge on any atom is -0.465 e. The minimum atomic E-state index is -0.280. The SMILES string of the molecule is COC(=O)c1cc(N)ccc1C1CCCCC1. The lowest BCUT2D eigenvalue weighted by atomic mass is 9.82. The molecule has 1 aliphatic rings. The Morgan fingerprint density at radius 1 is 1.29 bits per heavy atom. The molecule has 0 aliphatic heterocycles. The van der Waals surface area contributed by atoms with E-state index in [1.54, 1.807) is 6.07 Å². The second-order valence-electron chi connectivity index (χ2n) is 4.67. The van der Waals surface area contributed by atoms with Crippen LogP contribution in [0.5, 0.6) is 0 Å². The van der Waals surface area contributed by atoms with Crippen molar-refractivity contribution in [1.29, 1.82) is 0 Å². The molecule has 3 nitrogen and oxygen atoms in total. The van der Waals surface area contributed by atoms with Gasteiger partial charge in [0.05, 0.1) is 12.7 Å². The average Bonchev–Trinajstić information content (AvgIpc) is 2.38.